The van der Waals surface area contributed by atoms with E-state index < -0.39 is 0 Å². The molecule has 3 aromatic carbocycles. The largest absolute Gasteiger partial charge is 0.489 e. The monoisotopic (exact) mass is 332 g/mol. The third-order valence-corrected chi connectivity index (χ3v) is 3.80. The van der Waals surface area contributed by atoms with Crippen LogP contribution in [0.2, 0.25) is 0 Å². The van der Waals surface area contributed by atoms with Gasteiger partial charge in [-0.1, -0.05) is 48.5 Å². The maximum absolute atomic E-state index is 12.3. The predicted octanol–water partition coefficient (Wildman–Crippen LogP) is 4.93. The van der Waals surface area contributed by atoms with Gasteiger partial charge in [0.1, 0.15) is 12.4 Å². The molecule has 0 aliphatic heterocycles. The average Bonchev–Trinajstić information content (AvgIpc) is 2.68. The second-order valence-electron chi connectivity index (χ2n) is 5.62. The van der Waals surface area contributed by atoms with Crippen molar-refractivity contribution in [3.63, 3.8) is 0 Å². The highest BCUT2D eigenvalue weighted by Gasteiger charge is 2.10. The van der Waals surface area contributed by atoms with Crippen LogP contribution in [0.3, 0.4) is 0 Å². The van der Waals surface area contributed by atoms with Crippen molar-refractivity contribution in [1.82, 2.24) is 0 Å². The normalized spacial score (nSPS) is 10.1. The Morgan fingerprint density at radius 1 is 0.880 bits per heavy atom. The Balaban J connectivity index is 1.56. The first kappa shape index (κ1) is 16.6. The molecule has 0 aliphatic carbocycles. The molecule has 0 aliphatic rings. The molecule has 1 N–H and O–H groups in total. The Bertz CT molecular complexity index is 802. The van der Waals surface area contributed by atoms with Gasteiger partial charge < -0.3 is 10.1 Å². The molecule has 0 fully saturated rings. The molecule has 3 aromatic rings. The second-order valence-corrected chi connectivity index (χ2v) is 5.62. The van der Waals surface area contributed by atoms with Crippen molar-refractivity contribution in [2.75, 3.05) is 17.3 Å². The molecule has 0 heterocycles. The summed E-state index contributed by atoms with van der Waals surface area (Å²) in [6.07, 6.45) is 0. The number of nitrogens with one attached hydrogen (secondary N) is 1. The fourth-order valence-corrected chi connectivity index (χ4v) is 2.35. The molecule has 25 heavy (non-hydrogen) atoms. The van der Waals surface area contributed by atoms with Gasteiger partial charge in [0.15, 0.2) is 0 Å². The van der Waals surface area contributed by atoms with Crippen molar-refractivity contribution in [2.45, 2.75) is 6.61 Å². The SMILES string of the molecule is CN(C(=O)Nc1ccc(OCc2ccccc2)cc1)c1ccccc1. The summed E-state index contributed by atoms with van der Waals surface area (Å²) in [5.74, 6) is 0.762. The molecule has 0 spiro atoms. The van der Waals surface area contributed by atoms with Crippen LogP contribution < -0.4 is 15.0 Å². The highest BCUT2D eigenvalue weighted by atomic mass is 16.5. The number of amides is 2. The van der Waals surface area contributed by atoms with Gasteiger partial charge in [0.25, 0.3) is 0 Å². The van der Waals surface area contributed by atoms with E-state index in [1.165, 1.54) is 0 Å². The Morgan fingerprint density at radius 3 is 2.12 bits per heavy atom. The van der Waals surface area contributed by atoms with Crippen LogP contribution in [-0.2, 0) is 6.61 Å². The maximum Gasteiger partial charge on any atom is 0.326 e. The number of hydrogen-bond donors (Lipinski definition) is 1. The molecular weight excluding hydrogens is 312 g/mol. The van der Waals surface area contributed by atoms with E-state index in [1.54, 1.807) is 11.9 Å². The van der Waals surface area contributed by atoms with Gasteiger partial charge in [0, 0.05) is 18.4 Å². The number of ether oxygens (including phenoxy) is 1. The van der Waals surface area contributed by atoms with Crippen LogP contribution >= 0.6 is 0 Å². The third kappa shape index (κ3) is 4.61. The van der Waals surface area contributed by atoms with Gasteiger partial charge in [-0.3, -0.25) is 4.90 Å². The molecule has 4 nitrogen and oxygen atoms in total. The van der Waals surface area contributed by atoms with Crippen LogP contribution in [0.25, 0.3) is 0 Å². The molecular formula is C21H20N2O2. The number of benzene rings is 3. The molecule has 4 heteroatoms. The molecule has 0 bridgehead atoms. The van der Waals surface area contributed by atoms with Gasteiger partial charge >= 0.3 is 6.03 Å². The van der Waals surface area contributed by atoms with Gasteiger partial charge in [-0.2, -0.15) is 0 Å². The van der Waals surface area contributed by atoms with Crippen molar-refractivity contribution >= 4 is 17.4 Å². The molecule has 0 aromatic heterocycles. The standard InChI is InChI=1S/C21H20N2O2/c1-23(19-10-6-3-7-11-19)21(24)22-18-12-14-20(15-13-18)25-16-17-8-4-2-5-9-17/h2-15H,16H2,1H3,(H,22,24). The zero-order valence-corrected chi connectivity index (χ0v) is 14.1. The summed E-state index contributed by atoms with van der Waals surface area (Å²) in [4.78, 5) is 13.9. The average molecular weight is 332 g/mol. The number of carbonyl (C=O) groups is 1. The van der Waals surface area contributed by atoms with Crippen LogP contribution in [0.15, 0.2) is 84.9 Å². The maximum atomic E-state index is 12.3. The van der Waals surface area contributed by atoms with Gasteiger partial charge in [-0.05, 0) is 42.0 Å². The third-order valence-electron chi connectivity index (χ3n) is 3.80. The number of anilines is 2. The van der Waals surface area contributed by atoms with Crippen molar-refractivity contribution in [3.05, 3.63) is 90.5 Å². The first-order valence-electron chi connectivity index (χ1n) is 8.09. The topological polar surface area (TPSA) is 41.6 Å². The van der Waals surface area contributed by atoms with Crippen molar-refractivity contribution in [1.29, 1.82) is 0 Å². The summed E-state index contributed by atoms with van der Waals surface area (Å²) in [7, 11) is 1.74. The van der Waals surface area contributed by atoms with Crippen molar-refractivity contribution in [2.24, 2.45) is 0 Å². The van der Waals surface area contributed by atoms with Crippen LogP contribution in [0.4, 0.5) is 16.2 Å². The summed E-state index contributed by atoms with van der Waals surface area (Å²) < 4.78 is 5.75. The van der Waals surface area contributed by atoms with Crippen LogP contribution in [0, 0.1) is 0 Å². The highest BCUT2D eigenvalue weighted by Crippen LogP contribution is 2.18. The number of urea groups is 1. The van der Waals surface area contributed by atoms with Gasteiger partial charge in [-0.15, -0.1) is 0 Å². The van der Waals surface area contributed by atoms with E-state index in [0.717, 1.165) is 22.7 Å². The fraction of sp³-hybridized carbons (Fsp3) is 0.0952. The molecule has 3 rings (SSSR count). The fourth-order valence-electron chi connectivity index (χ4n) is 2.35. The molecule has 0 radical (unpaired) electrons. The molecule has 2 amide bonds. The van der Waals surface area contributed by atoms with Crippen LogP contribution in [-0.4, -0.2) is 13.1 Å². The molecule has 126 valence electrons. The minimum Gasteiger partial charge on any atom is -0.489 e. The summed E-state index contributed by atoms with van der Waals surface area (Å²) in [6, 6.07) is 26.7. The molecule has 0 unspecified atom stereocenters. The number of nitrogens with zero attached hydrogens (tertiary/aromatic N) is 1. The van der Waals surface area contributed by atoms with Gasteiger partial charge in [0.05, 0.1) is 0 Å². The van der Waals surface area contributed by atoms with E-state index in [2.05, 4.69) is 5.32 Å². The first-order valence-corrected chi connectivity index (χ1v) is 8.09. The number of rotatable bonds is 5. The minimum atomic E-state index is -0.191. The van der Waals surface area contributed by atoms with E-state index in [0.29, 0.717) is 6.61 Å². The number of carbonyl (C=O) groups excluding carboxylic acids is 1. The molecule has 0 saturated heterocycles. The van der Waals surface area contributed by atoms with Gasteiger partial charge in [-0.25, -0.2) is 4.79 Å². The summed E-state index contributed by atoms with van der Waals surface area (Å²) >= 11 is 0. The highest BCUT2D eigenvalue weighted by molar-refractivity contribution is 6.01. The summed E-state index contributed by atoms with van der Waals surface area (Å²) in [6.45, 7) is 0.517. The van der Waals surface area contributed by atoms with E-state index in [4.69, 9.17) is 4.74 Å². The smallest absolute Gasteiger partial charge is 0.326 e. The molecule has 0 atom stereocenters. The van der Waals surface area contributed by atoms with Crippen molar-refractivity contribution in [3.8, 4) is 5.75 Å². The van der Waals surface area contributed by atoms with Gasteiger partial charge in [0.2, 0.25) is 0 Å². The first-order chi connectivity index (χ1) is 12.2. The lowest BCUT2D eigenvalue weighted by Gasteiger charge is -2.18. The Kier molecular flexibility index (Phi) is 5.32. The Labute approximate surface area is 147 Å². The number of hydrogen-bond acceptors (Lipinski definition) is 2. The number of para-hydroxylation sites is 1. The van der Waals surface area contributed by atoms with E-state index in [1.807, 2.05) is 84.9 Å². The van der Waals surface area contributed by atoms with Crippen LogP contribution in [0.1, 0.15) is 5.56 Å². The summed E-state index contributed by atoms with van der Waals surface area (Å²) in [5, 5.41) is 2.87. The van der Waals surface area contributed by atoms with E-state index >= 15 is 0 Å². The summed E-state index contributed by atoms with van der Waals surface area (Å²) in [5.41, 5.74) is 2.67. The van der Waals surface area contributed by atoms with Crippen LogP contribution in [0.5, 0.6) is 5.75 Å². The van der Waals surface area contributed by atoms with E-state index in [9.17, 15) is 4.79 Å². The second kappa shape index (κ2) is 8.02. The minimum absolute atomic E-state index is 0.191. The lowest BCUT2D eigenvalue weighted by Crippen LogP contribution is -2.31. The van der Waals surface area contributed by atoms with E-state index in [-0.39, 0.29) is 6.03 Å². The lowest BCUT2D eigenvalue weighted by molar-refractivity contribution is 0.258. The molecule has 0 saturated carbocycles. The lowest BCUT2D eigenvalue weighted by atomic mass is 10.2. The zero-order chi connectivity index (χ0) is 17.5. The Hall–Kier alpha value is -3.27. The predicted molar refractivity (Wildman–Crippen MR) is 101 cm³/mol. The zero-order valence-electron chi connectivity index (χ0n) is 14.1. The quantitative estimate of drug-likeness (QED) is 0.719. The van der Waals surface area contributed by atoms with Crippen molar-refractivity contribution < 1.29 is 9.53 Å². The Morgan fingerprint density at radius 2 is 1.48 bits per heavy atom.